The van der Waals surface area contributed by atoms with Gasteiger partial charge in [-0.3, -0.25) is 0 Å². The predicted octanol–water partition coefficient (Wildman–Crippen LogP) is 5.96. The number of fused-ring (bicyclic) bond motifs is 3. The van der Waals surface area contributed by atoms with Crippen LogP contribution in [0.1, 0.15) is 29.5 Å². The standard InChI is InChI=1S/C18H14Cl2FN/c19-11-8-15-13-2-1-3-14(13)17(22-18(15)16(20)9-11)10-4-6-12(21)7-5-10/h1-2,4-9,13-14,17,22H,3H2/t13-,14+,17+/m0/s1. The Kier molecular flexibility index (Phi) is 3.39. The number of hydrogen-bond acceptors (Lipinski definition) is 1. The maximum Gasteiger partial charge on any atom is 0.123 e. The molecule has 0 spiro atoms. The van der Waals surface area contributed by atoms with Crippen molar-refractivity contribution in [2.24, 2.45) is 5.92 Å². The Labute approximate surface area is 138 Å². The maximum atomic E-state index is 13.2. The number of nitrogens with one attached hydrogen (secondary N) is 1. The molecule has 1 aliphatic carbocycles. The van der Waals surface area contributed by atoms with Gasteiger partial charge in [0.1, 0.15) is 5.82 Å². The lowest BCUT2D eigenvalue weighted by molar-refractivity contribution is 0.425. The molecule has 2 aliphatic rings. The Morgan fingerprint density at radius 3 is 2.64 bits per heavy atom. The van der Waals surface area contributed by atoms with Gasteiger partial charge < -0.3 is 5.32 Å². The van der Waals surface area contributed by atoms with E-state index in [9.17, 15) is 4.39 Å². The third kappa shape index (κ3) is 2.22. The second-order valence-electron chi connectivity index (χ2n) is 5.88. The van der Waals surface area contributed by atoms with Gasteiger partial charge in [-0.05, 0) is 47.7 Å². The summed E-state index contributed by atoms with van der Waals surface area (Å²) in [6.07, 6.45) is 5.42. The summed E-state index contributed by atoms with van der Waals surface area (Å²) < 4.78 is 13.2. The van der Waals surface area contributed by atoms with E-state index in [1.165, 1.54) is 12.1 Å². The normalized spacial score (nSPS) is 25.5. The monoisotopic (exact) mass is 333 g/mol. The largest absolute Gasteiger partial charge is 0.376 e. The van der Waals surface area contributed by atoms with Crippen LogP contribution >= 0.6 is 23.2 Å². The molecule has 0 amide bonds. The topological polar surface area (TPSA) is 12.0 Å². The van der Waals surface area contributed by atoms with Gasteiger partial charge in [0.15, 0.2) is 0 Å². The van der Waals surface area contributed by atoms with Crippen molar-refractivity contribution in [1.29, 1.82) is 0 Å². The zero-order chi connectivity index (χ0) is 15.3. The molecule has 0 radical (unpaired) electrons. The van der Waals surface area contributed by atoms with Crippen molar-refractivity contribution in [3.8, 4) is 0 Å². The molecule has 2 aromatic carbocycles. The van der Waals surface area contributed by atoms with E-state index >= 15 is 0 Å². The van der Waals surface area contributed by atoms with Gasteiger partial charge in [0.2, 0.25) is 0 Å². The first-order chi connectivity index (χ1) is 10.6. The van der Waals surface area contributed by atoms with E-state index in [0.29, 0.717) is 21.9 Å². The van der Waals surface area contributed by atoms with E-state index in [-0.39, 0.29) is 11.9 Å². The summed E-state index contributed by atoms with van der Waals surface area (Å²) in [7, 11) is 0. The summed E-state index contributed by atoms with van der Waals surface area (Å²) in [4.78, 5) is 0. The molecule has 4 heteroatoms. The van der Waals surface area contributed by atoms with Crippen molar-refractivity contribution >= 4 is 28.9 Å². The van der Waals surface area contributed by atoms with Gasteiger partial charge in [-0.15, -0.1) is 0 Å². The minimum Gasteiger partial charge on any atom is -0.376 e. The number of benzene rings is 2. The van der Waals surface area contributed by atoms with Gasteiger partial charge in [0.05, 0.1) is 16.8 Å². The first-order valence-corrected chi connectivity index (χ1v) is 8.06. The van der Waals surface area contributed by atoms with Crippen LogP contribution in [0.15, 0.2) is 48.6 Å². The third-order valence-electron chi connectivity index (χ3n) is 4.61. The second-order valence-corrected chi connectivity index (χ2v) is 6.72. The van der Waals surface area contributed by atoms with Crippen LogP contribution in [0.5, 0.6) is 0 Å². The van der Waals surface area contributed by atoms with Crippen molar-refractivity contribution in [1.82, 2.24) is 0 Å². The molecule has 1 heterocycles. The fraction of sp³-hybridized carbons (Fsp3) is 0.222. The number of rotatable bonds is 1. The minimum absolute atomic E-state index is 0.117. The van der Waals surface area contributed by atoms with Crippen molar-refractivity contribution < 1.29 is 4.39 Å². The molecule has 4 rings (SSSR count). The number of allylic oxidation sites excluding steroid dienone is 2. The quantitative estimate of drug-likeness (QED) is 0.635. The zero-order valence-electron chi connectivity index (χ0n) is 11.7. The molecular formula is C18H14Cl2FN. The molecule has 1 aliphatic heterocycles. The van der Waals surface area contributed by atoms with E-state index in [2.05, 4.69) is 17.5 Å². The number of hydrogen-bond donors (Lipinski definition) is 1. The molecule has 22 heavy (non-hydrogen) atoms. The van der Waals surface area contributed by atoms with E-state index in [1.54, 1.807) is 6.07 Å². The molecule has 0 unspecified atom stereocenters. The van der Waals surface area contributed by atoms with Gasteiger partial charge in [-0.1, -0.05) is 47.5 Å². The van der Waals surface area contributed by atoms with Crippen molar-refractivity contribution in [2.45, 2.75) is 18.4 Å². The van der Waals surface area contributed by atoms with E-state index in [1.807, 2.05) is 18.2 Å². The predicted molar refractivity (Wildman–Crippen MR) is 89.2 cm³/mol. The maximum absolute atomic E-state index is 13.2. The summed E-state index contributed by atoms with van der Waals surface area (Å²) >= 11 is 12.5. The average Bonchev–Trinajstić information content (AvgIpc) is 2.97. The Bertz CT molecular complexity index is 754. The van der Waals surface area contributed by atoms with Crippen LogP contribution in [0, 0.1) is 11.7 Å². The highest BCUT2D eigenvalue weighted by atomic mass is 35.5. The number of anilines is 1. The lowest BCUT2D eigenvalue weighted by Gasteiger charge is -2.38. The van der Waals surface area contributed by atoms with Crippen molar-refractivity contribution in [3.05, 3.63) is 75.5 Å². The Morgan fingerprint density at radius 2 is 1.86 bits per heavy atom. The lowest BCUT2D eigenvalue weighted by Crippen LogP contribution is -2.29. The molecule has 0 fully saturated rings. The highest BCUT2D eigenvalue weighted by Crippen LogP contribution is 2.52. The van der Waals surface area contributed by atoms with Crippen LogP contribution in [0.2, 0.25) is 10.0 Å². The summed E-state index contributed by atoms with van der Waals surface area (Å²) in [6, 6.07) is 10.6. The highest BCUT2D eigenvalue weighted by Gasteiger charge is 2.38. The molecule has 0 aromatic heterocycles. The molecule has 2 aromatic rings. The number of halogens is 3. The molecule has 0 bridgehead atoms. The van der Waals surface area contributed by atoms with Gasteiger partial charge in [0, 0.05) is 10.9 Å². The van der Waals surface area contributed by atoms with Crippen molar-refractivity contribution in [2.75, 3.05) is 5.32 Å². The van der Waals surface area contributed by atoms with Crippen molar-refractivity contribution in [3.63, 3.8) is 0 Å². The van der Waals surface area contributed by atoms with Gasteiger partial charge in [0.25, 0.3) is 0 Å². The molecule has 0 saturated carbocycles. The van der Waals surface area contributed by atoms with Gasteiger partial charge in [-0.25, -0.2) is 4.39 Å². The molecule has 112 valence electrons. The molecule has 1 N–H and O–H groups in total. The Hall–Kier alpha value is -1.51. The fourth-order valence-electron chi connectivity index (χ4n) is 3.62. The lowest BCUT2D eigenvalue weighted by atomic mass is 9.77. The molecule has 0 saturated heterocycles. The Morgan fingerprint density at radius 1 is 1.09 bits per heavy atom. The summed E-state index contributed by atoms with van der Waals surface area (Å²) in [5.41, 5.74) is 3.17. The van der Waals surface area contributed by atoms with Gasteiger partial charge >= 0.3 is 0 Å². The van der Waals surface area contributed by atoms with Crippen LogP contribution in [0.4, 0.5) is 10.1 Å². The van der Waals surface area contributed by atoms with E-state index in [0.717, 1.165) is 23.2 Å². The summed E-state index contributed by atoms with van der Waals surface area (Å²) in [5, 5.41) is 4.84. The fourth-order valence-corrected chi connectivity index (χ4v) is 4.18. The molecule has 3 atom stereocenters. The summed E-state index contributed by atoms with van der Waals surface area (Å²) in [6.45, 7) is 0. The SMILES string of the molecule is Fc1ccc([C@H]2Nc3c(Cl)cc(Cl)cc3[C@H]3C=CC[C@H]32)cc1. The zero-order valence-corrected chi connectivity index (χ0v) is 13.2. The van der Waals surface area contributed by atoms with Crippen LogP contribution < -0.4 is 5.32 Å². The first kappa shape index (κ1) is 14.1. The van der Waals surface area contributed by atoms with E-state index < -0.39 is 0 Å². The highest BCUT2D eigenvalue weighted by molar-refractivity contribution is 6.36. The molecular weight excluding hydrogens is 320 g/mol. The van der Waals surface area contributed by atoms with E-state index in [4.69, 9.17) is 23.2 Å². The van der Waals surface area contributed by atoms with Crippen LogP contribution in [-0.2, 0) is 0 Å². The first-order valence-electron chi connectivity index (χ1n) is 7.31. The van der Waals surface area contributed by atoms with Crippen LogP contribution in [-0.4, -0.2) is 0 Å². The smallest absolute Gasteiger partial charge is 0.123 e. The van der Waals surface area contributed by atoms with Gasteiger partial charge in [-0.2, -0.15) is 0 Å². The van der Waals surface area contributed by atoms with Crippen LogP contribution in [0.25, 0.3) is 0 Å². The summed E-state index contributed by atoms with van der Waals surface area (Å²) in [5.74, 6) is 0.473. The average molecular weight is 334 g/mol. The molecule has 1 nitrogen and oxygen atoms in total. The third-order valence-corrected chi connectivity index (χ3v) is 5.13. The van der Waals surface area contributed by atoms with Crippen LogP contribution in [0.3, 0.4) is 0 Å². The Balaban J connectivity index is 1.82. The second kappa shape index (κ2) is 5.29. The minimum atomic E-state index is -0.217.